The average Bonchev–Trinajstić information content (AvgIpc) is 2.65. The van der Waals surface area contributed by atoms with Crippen molar-refractivity contribution in [3.05, 3.63) is 41.1 Å². The lowest BCUT2D eigenvalue weighted by Gasteiger charge is -1.96. The number of rotatable bonds is 0. The fourth-order valence-electron chi connectivity index (χ4n) is 1.55. The molecule has 0 radical (unpaired) electrons. The summed E-state index contributed by atoms with van der Waals surface area (Å²) in [5.41, 5.74) is 1.04. The van der Waals surface area contributed by atoms with Crippen LogP contribution in [0.25, 0.3) is 21.9 Å². The highest BCUT2D eigenvalue weighted by Gasteiger charge is 2.03. The minimum Gasteiger partial charge on any atom is -0.462 e. The Balaban J connectivity index is 2.66. The molecule has 0 amide bonds. The Hall–Kier alpha value is -2.10. The molecule has 4 nitrogen and oxygen atoms in total. The molecule has 2 aromatic heterocycles. The molecular weight excluding hydrogens is 180 g/mol. The monoisotopic (exact) mass is 186 g/mol. The fourth-order valence-corrected chi connectivity index (χ4v) is 1.55. The Morgan fingerprint density at radius 2 is 2.07 bits per heavy atom. The van der Waals surface area contributed by atoms with Gasteiger partial charge in [0.05, 0.1) is 11.8 Å². The molecule has 0 spiro atoms. The van der Waals surface area contributed by atoms with Gasteiger partial charge in [-0.2, -0.15) is 0 Å². The van der Waals surface area contributed by atoms with E-state index >= 15 is 0 Å². The van der Waals surface area contributed by atoms with Crippen molar-refractivity contribution < 1.29 is 4.42 Å². The van der Waals surface area contributed by atoms with E-state index in [1.165, 1.54) is 6.20 Å². The molecule has 2 heterocycles. The molecule has 0 saturated heterocycles. The molecule has 0 saturated carbocycles. The molecule has 0 atom stereocenters. The summed E-state index contributed by atoms with van der Waals surface area (Å²) in [4.78, 5) is 17.3. The first-order chi connectivity index (χ1) is 6.84. The number of aromatic nitrogens is 2. The number of aromatic amines is 1. The molecule has 0 bridgehead atoms. The van der Waals surface area contributed by atoms with Crippen molar-refractivity contribution >= 4 is 21.9 Å². The number of nitrogens with zero attached hydrogens (tertiary/aromatic N) is 1. The van der Waals surface area contributed by atoms with Crippen LogP contribution in [-0.4, -0.2) is 9.97 Å². The van der Waals surface area contributed by atoms with E-state index in [9.17, 15) is 4.79 Å². The third kappa shape index (κ3) is 0.877. The third-order valence-corrected chi connectivity index (χ3v) is 2.21. The molecule has 0 fully saturated rings. The molecule has 1 N–H and O–H groups in total. The zero-order valence-electron chi connectivity index (χ0n) is 7.15. The van der Waals surface area contributed by atoms with Crippen molar-refractivity contribution in [2.24, 2.45) is 0 Å². The molecular formula is C10H6N2O2. The van der Waals surface area contributed by atoms with Crippen molar-refractivity contribution in [3.63, 3.8) is 0 Å². The smallest absolute Gasteiger partial charge is 0.345 e. The van der Waals surface area contributed by atoms with E-state index in [1.54, 1.807) is 6.26 Å². The number of hydrogen-bond acceptors (Lipinski definition) is 3. The maximum atomic E-state index is 11.0. The summed E-state index contributed by atoms with van der Waals surface area (Å²) in [6.07, 6.45) is 3.14. The van der Waals surface area contributed by atoms with Crippen molar-refractivity contribution in [1.82, 2.24) is 9.97 Å². The van der Waals surface area contributed by atoms with Gasteiger partial charge in [0, 0.05) is 17.0 Å². The van der Waals surface area contributed by atoms with Gasteiger partial charge < -0.3 is 9.40 Å². The SMILES string of the molecule is O=c1ncc2ccc3ccoc3c2[nH]1. The molecule has 3 rings (SSSR count). The van der Waals surface area contributed by atoms with Crippen LogP contribution < -0.4 is 5.69 Å². The van der Waals surface area contributed by atoms with Gasteiger partial charge in [-0.25, -0.2) is 9.78 Å². The zero-order valence-corrected chi connectivity index (χ0v) is 7.15. The van der Waals surface area contributed by atoms with Crippen LogP contribution in [0, 0.1) is 0 Å². The maximum Gasteiger partial charge on any atom is 0.345 e. The van der Waals surface area contributed by atoms with E-state index in [0.29, 0.717) is 11.1 Å². The number of fused-ring (bicyclic) bond motifs is 3. The molecule has 14 heavy (non-hydrogen) atoms. The third-order valence-electron chi connectivity index (χ3n) is 2.21. The number of hydrogen-bond donors (Lipinski definition) is 1. The Morgan fingerprint density at radius 3 is 3.00 bits per heavy atom. The Bertz CT molecular complexity index is 666. The second-order valence-electron chi connectivity index (χ2n) is 3.06. The topological polar surface area (TPSA) is 58.9 Å². The van der Waals surface area contributed by atoms with Gasteiger partial charge in [0.1, 0.15) is 0 Å². The number of furan rings is 1. The van der Waals surface area contributed by atoms with Crippen LogP contribution in [-0.2, 0) is 0 Å². The lowest BCUT2D eigenvalue weighted by molar-refractivity contribution is 0.618. The number of nitrogens with one attached hydrogen (secondary N) is 1. The van der Waals surface area contributed by atoms with E-state index in [4.69, 9.17) is 4.42 Å². The number of H-pyrrole nitrogens is 1. The van der Waals surface area contributed by atoms with Crippen LogP contribution in [0.2, 0.25) is 0 Å². The molecule has 68 valence electrons. The normalized spacial score (nSPS) is 11.1. The van der Waals surface area contributed by atoms with Crippen molar-refractivity contribution in [2.45, 2.75) is 0 Å². The Labute approximate surface area is 78.2 Å². The van der Waals surface area contributed by atoms with Gasteiger partial charge in [-0.05, 0) is 6.07 Å². The lowest BCUT2D eigenvalue weighted by atomic mass is 10.2. The van der Waals surface area contributed by atoms with Crippen LogP contribution in [0.15, 0.2) is 39.9 Å². The van der Waals surface area contributed by atoms with Crippen LogP contribution in [0.5, 0.6) is 0 Å². The zero-order chi connectivity index (χ0) is 9.54. The lowest BCUT2D eigenvalue weighted by Crippen LogP contribution is -2.08. The van der Waals surface area contributed by atoms with Crippen LogP contribution in [0.1, 0.15) is 0 Å². The van der Waals surface area contributed by atoms with E-state index in [0.717, 1.165) is 10.8 Å². The first kappa shape index (κ1) is 7.32. The van der Waals surface area contributed by atoms with Crippen molar-refractivity contribution in [2.75, 3.05) is 0 Å². The van der Waals surface area contributed by atoms with Gasteiger partial charge in [-0.1, -0.05) is 12.1 Å². The van der Waals surface area contributed by atoms with E-state index in [1.807, 2.05) is 18.2 Å². The average molecular weight is 186 g/mol. The first-order valence-corrected chi connectivity index (χ1v) is 4.20. The second-order valence-corrected chi connectivity index (χ2v) is 3.06. The summed E-state index contributed by atoms with van der Waals surface area (Å²) in [5.74, 6) is 0. The minimum absolute atomic E-state index is 0.360. The van der Waals surface area contributed by atoms with Crippen molar-refractivity contribution in [3.8, 4) is 0 Å². The number of benzene rings is 1. The standard InChI is InChI=1S/C10H6N2O2/c13-10-11-5-7-2-1-6-3-4-14-9(6)8(7)12-10/h1-5H,(H,11,12,13). The molecule has 3 aromatic rings. The van der Waals surface area contributed by atoms with Gasteiger partial charge >= 0.3 is 5.69 Å². The molecule has 1 aromatic carbocycles. The predicted molar refractivity (Wildman–Crippen MR) is 52.1 cm³/mol. The van der Waals surface area contributed by atoms with Crippen molar-refractivity contribution in [1.29, 1.82) is 0 Å². The van der Waals surface area contributed by atoms with E-state index in [-0.39, 0.29) is 5.69 Å². The van der Waals surface area contributed by atoms with Crippen LogP contribution in [0.3, 0.4) is 0 Å². The van der Waals surface area contributed by atoms with E-state index < -0.39 is 0 Å². The molecule has 0 aliphatic heterocycles. The molecule has 4 heteroatoms. The van der Waals surface area contributed by atoms with Crippen LogP contribution >= 0.6 is 0 Å². The maximum absolute atomic E-state index is 11.0. The Morgan fingerprint density at radius 1 is 1.21 bits per heavy atom. The highest BCUT2D eigenvalue weighted by molar-refractivity contribution is 6.01. The van der Waals surface area contributed by atoms with Gasteiger partial charge in [-0.3, -0.25) is 0 Å². The molecule has 0 aliphatic carbocycles. The largest absolute Gasteiger partial charge is 0.462 e. The predicted octanol–water partition coefficient (Wildman–Crippen LogP) is 1.67. The van der Waals surface area contributed by atoms with Crippen LogP contribution in [0.4, 0.5) is 0 Å². The van der Waals surface area contributed by atoms with Gasteiger partial charge in [0.2, 0.25) is 0 Å². The summed E-state index contributed by atoms with van der Waals surface area (Å²) in [7, 11) is 0. The molecule has 0 unspecified atom stereocenters. The highest BCUT2D eigenvalue weighted by Crippen LogP contribution is 2.22. The fraction of sp³-hybridized carbons (Fsp3) is 0. The summed E-state index contributed by atoms with van der Waals surface area (Å²) in [6, 6.07) is 5.69. The Kier molecular flexibility index (Phi) is 1.28. The quantitative estimate of drug-likeness (QED) is 0.581. The minimum atomic E-state index is -0.360. The second kappa shape index (κ2) is 2.45. The molecule has 0 aliphatic rings. The van der Waals surface area contributed by atoms with Gasteiger partial charge in [-0.15, -0.1) is 0 Å². The summed E-state index contributed by atoms with van der Waals surface area (Å²) >= 11 is 0. The summed E-state index contributed by atoms with van der Waals surface area (Å²) < 4.78 is 5.29. The first-order valence-electron chi connectivity index (χ1n) is 4.20. The highest BCUT2D eigenvalue weighted by atomic mass is 16.3. The summed E-state index contributed by atoms with van der Waals surface area (Å²) in [5, 5.41) is 1.84. The van der Waals surface area contributed by atoms with E-state index in [2.05, 4.69) is 9.97 Å². The van der Waals surface area contributed by atoms with Gasteiger partial charge in [0.25, 0.3) is 0 Å². The van der Waals surface area contributed by atoms with Gasteiger partial charge in [0.15, 0.2) is 5.58 Å². The summed E-state index contributed by atoms with van der Waals surface area (Å²) in [6.45, 7) is 0.